The van der Waals surface area contributed by atoms with Gasteiger partial charge in [0.25, 0.3) is 0 Å². The molecule has 1 rings (SSSR count). The average molecular weight is 310 g/mol. The minimum absolute atomic E-state index is 0.185. The molecule has 2 N–H and O–H groups in total. The number of carbonyl (C=O) groups excluding carboxylic acids is 1. The lowest BCUT2D eigenvalue weighted by molar-refractivity contribution is -0.122. The maximum atomic E-state index is 12.4. The Kier molecular flexibility index (Phi) is 6.71. The third-order valence-electron chi connectivity index (χ3n) is 3.27. The van der Waals surface area contributed by atoms with Gasteiger partial charge in [0, 0.05) is 12.1 Å². The highest BCUT2D eigenvalue weighted by molar-refractivity contribution is 7.90. The van der Waals surface area contributed by atoms with Gasteiger partial charge in [0.05, 0.1) is 5.69 Å². The van der Waals surface area contributed by atoms with Gasteiger partial charge in [0.1, 0.15) is 0 Å². The summed E-state index contributed by atoms with van der Waals surface area (Å²) in [4.78, 5) is 16.4. The number of primary sulfonamides is 1. The normalized spacial score (nSPS) is 15.0. The Bertz CT molecular complexity index is 582. The molecule has 0 amide bonds. The van der Waals surface area contributed by atoms with Crippen molar-refractivity contribution in [1.82, 2.24) is 4.98 Å². The molecule has 0 saturated heterocycles. The zero-order valence-corrected chi connectivity index (χ0v) is 13.2. The highest BCUT2D eigenvalue weighted by atomic mass is 32.2. The van der Waals surface area contributed by atoms with Crippen LogP contribution in [-0.4, -0.2) is 19.2 Å². The number of nitrogens with two attached hydrogens (primary N) is 1. The molecule has 0 spiro atoms. The van der Waals surface area contributed by atoms with Crippen LogP contribution in [0.4, 0.5) is 0 Å². The first-order chi connectivity index (χ1) is 9.88. The standard InChI is InChI=1S/C15H22N2O3S/c1-3-4-5-6-9-12(2)14(18)15(21(16,19)20)13-10-7-8-11-17-13/h3-4,7-8,10-12,15H,5-6,9H2,1-2H3,(H2,16,19,20). The molecule has 1 aromatic rings. The zero-order chi connectivity index (χ0) is 15.9. The van der Waals surface area contributed by atoms with Crippen LogP contribution in [0.2, 0.25) is 0 Å². The lowest BCUT2D eigenvalue weighted by Gasteiger charge is -2.17. The molecule has 21 heavy (non-hydrogen) atoms. The minimum Gasteiger partial charge on any atom is -0.297 e. The Balaban J connectivity index is 2.87. The van der Waals surface area contributed by atoms with E-state index in [1.54, 1.807) is 19.1 Å². The largest absolute Gasteiger partial charge is 0.297 e. The number of Topliss-reactive ketones (excluding diaryl/α,β-unsaturated/α-hetero) is 1. The third kappa shape index (κ3) is 5.40. The summed E-state index contributed by atoms with van der Waals surface area (Å²) >= 11 is 0. The third-order valence-corrected chi connectivity index (χ3v) is 4.40. The van der Waals surface area contributed by atoms with Crippen molar-refractivity contribution in [2.75, 3.05) is 0 Å². The van der Waals surface area contributed by atoms with Crippen LogP contribution in [0.25, 0.3) is 0 Å². The summed E-state index contributed by atoms with van der Waals surface area (Å²) in [5, 5.41) is 3.85. The molecule has 1 heterocycles. The molecule has 0 fully saturated rings. The number of carbonyl (C=O) groups is 1. The highest BCUT2D eigenvalue weighted by Crippen LogP contribution is 2.25. The number of sulfonamides is 1. The lowest BCUT2D eigenvalue weighted by Crippen LogP contribution is -2.32. The number of hydrogen-bond acceptors (Lipinski definition) is 4. The predicted molar refractivity (Wildman–Crippen MR) is 82.9 cm³/mol. The summed E-state index contributed by atoms with van der Waals surface area (Å²) in [7, 11) is -4.02. The SMILES string of the molecule is CC=CCCCC(C)C(=O)C(c1ccccn1)S(N)(=O)=O. The monoisotopic (exact) mass is 310 g/mol. The number of nitrogens with zero attached hydrogens (tertiary/aromatic N) is 1. The van der Waals surface area contributed by atoms with E-state index < -0.39 is 21.1 Å². The molecule has 1 aromatic heterocycles. The average Bonchev–Trinajstić information content (AvgIpc) is 2.43. The zero-order valence-electron chi connectivity index (χ0n) is 12.4. The molecule has 6 heteroatoms. The van der Waals surface area contributed by atoms with Crippen molar-refractivity contribution >= 4 is 15.8 Å². The summed E-state index contributed by atoms with van der Waals surface area (Å²) in [5.41, 5.74) is 0.185. The van der Waals surface area contributed by atoms with Crippen molar-refractivity contribution in [1.29, 1.82) is 0 Å². The molecule has 0 radical (unpaired) electrons. The van der Waals surface area contributed by atoms with Crippen molar-refractivity contribution in [3.05, 3.63) is 42.2 Å². The second-order valence-electron chi connectivity index (χ2n) is 5.03. The molecule has 0 aliphatic heterocycles. The van der Waals surface area contributed by atoms with Gasteiger partial charge in [-0.2, -0.15) is 0 Å². The quantitative estimate of drug-likeness (QED) is 0.589. The summed E-state index contributed by atoms with van der Waals surface area (Å²) < 4.78 is 23.5. The van der Waals surface area contributed by atoms with Gasteiger partial charge in [-0.25, -0.2) is 13.6 Å². The minimum atomic E-state index is -4.02. The fourth-order valence-corrected chi connectivity index (χ4v) is 3.15. The summed E-state index contributed by atoms with van der Waals surface area (Å²) in [6.45, 7) is 3.67. The van der Waals surface area contributed by atoms with Gasteiger partial charge in [-0.15, -0.1) is 0 Å². The summed E-state index contributed by atoms with van der Waals surface area (Å²) in [6.07, 6.45) is 7.76. The van der Waals surface area contributed by atoms with Gasteiger partial charge in [0.15, 0.2) is 11.0 Å². The fourth-order valence-electron chi connectivity index (χ4n) is 2.12. The molecular weight excluding hydrogens is 288 g/mol. The van der Waals surface area contributed by atoms with E-state index in [1.165, 1.54) is 12.3 Å². The number of aromatic nitrogens is 1. The van der Waals surface area contributed by atoms with E-state index in [4.69, 9.17) is 5.14 Å². The van der Waals surface area contributed by atoms with Crippen LogP contribution < -0.4 is 5.14 Å². The Morgan fingerprint density at radius 2 is 2.14 bits per heavy atom. The second kappa shape index (κ2) is 8.05. The van der Waals surface area contributed by atoms with Crippen LogP contribution in [0.15, 0.2) is 36.5 Å². The topological polar surface area (TPSA) is 90.1 Å². The van der Waals surface area contributed by atoms with E-state index in [9.17, 15) is 13.2 Å². The first-order valence-electron chi connectivity index (χ1n) is 6.95. The maximum absolute atomic E-state index is 12.4. The summed E-state index contributed by atoms with van der Waals surface area (Å²) in [5.74, 6) is -0.766. The molecule has 5 nitrogen and oxygen atoms in total. The number of ketones is 1. The Morgan fingerprint density at radius 3 is 2.67 bits per heavy atom. The van der Waals surface area contributed by atoms with Gasteiger partial charge in [-0.1, -0.05) is 25.1 Å². The van der Waals surface area contributed by atoms with E-state index >= 15 is 0 Å². The molecule has 0 saturated carbocycles. The number of unbranched alkanes of at least 4 members (excludes halogenated alkanes) is 1. The number of hydrogen-bond donors (Lipinski definition) is 1. The van der Waals surface area contributed by atoms with Crippen molar-refractivity contribution < 1.29 is 13.2 Å². The van der Waals surface area contributed by atoms with Crippen LogP contribution in [-0.2, 0) is 14.8 Å². The van der Waals surface area contributed by atoms with E-state index in [0.29, 0.717) is 6.42 Å². The Hall–Kier alpha value is -1.53. The molecule has 0 aliphatic rings. The first kappa shape index (κ1) is 17.5. The number of rotatable bonds is 8. The Labute approximate surface area is 126 Å². The molecule has 0 bridgehead atoms. The molecule has 2 atom stereocenters. The molecule has 0 aliphatic carbocycles. The van der Waals surface area contributed by atoms with E-state index in [-0.39, 0.29) is 11.6 Å². The summed E-state index contributed by atoms with van der Waals surface area (Å²) in [6, 6.07) is 4.82. The smallest absolute Gasteiger partial charge is 0.224 e. The van der Waals surface area contributed by atoms with Crippen LogP contribution in [0.5, 0.6) is 0 Å². The van der Waals surface area contributed by atoms with Gasteiger partial charge in [-0.3, -0.25) is 9.78 Å². The van der Waals surface area contributed by atoms with Gasteiger partial charge >= 0.3 is 0 Å². The molecule has 2 unspecified atom stereocenters. The van der Waals surface area contributed by atoms with Crippen molar-refractivity contribution in [3.8, 4) is 0 Å². The lowest BCUT2D eigenvalue weighted by atomic mass is 9.96. The van der Waals surface area contributed by atoms with Crippen LogP contribution >= 0.6 is 0 Å². The number of pyridine rings is 1. The van der Waals surface area contributed by atoms with Gasteiger partial charge < -0.3 is 0 Å². The van der Waals surface area contributed by atoms with Crippen molar-refractivity contribution in [3.63, 3.8) is 0 Å². The van der Waals surface area contributed by atoms with Crippen LogP contribution in [0.1, 0.15) is 44.1 Å². The molecule has 116 valence electrons. The molecular formula is C15H22N2O3S. The van der Waals surface area contributed by atoms with Gasteiger partial charge in [-0.05, 0) is 38.3 Å². The van der Waals surface area contributed by atoms with Crippen molar-refractivity contribution in [2.24, 2.45) is 11.1 Å². The van der Waals surface area contributed by atoms with E-state index in [0.717, 1.165) is 12.8 Å². The number of allylic oxidation sites excluding steroid dienone is 2. The first-order valence-corrected chi connectivity index (χ1v) is 8.56. The van der Waals surface area contributed by atoms with E-state index in [1.807, 2.05) is 19.1 Å². The second-order valence-corrected chi connectivity index (χ2v) is 6.68. The van der Waals surface area contributed by atoms with Gasteiger partial charge in [0.2, 0.25) is 10.0 Å². The fraction of sp³-hybridized carbons (Fsp3) is 0.467. The Morgan fingerprint density at radius 1 is 1.43 bits per heavy atom. The van der Waals surface area contributed by atoms with Crippen LogP contribution in [0.3, 0.4) is 0 Å². The molecule has 0 aromatic carbocycles. The predicted octanol–water partition coefficient (Wildman–Crippen LogP) is 2.36. The van der Waals surface area contributed by atoms with Crippen molar-refractivity contribution in [2.45, 2.75) is 38.4 Å². The van der Waals surface area contributed by atoms with Crippen LogP contribution in [0, 0.1) is 5.92 Å². The maximum Gasteiger partial charge on any atom is 0.224 e. The highest BCUT2D eigenvalue weighted by Gasteiger charge is 2.35. The van der Waals surface area contributed by atoms with E-state index in [2.05, 4.69) is 4.98 Å².